The zero-order valence-electron chi connectivity index (χ0n) is 15.4. The Labute approximate surface area is 157 Å². The number of anilines is 3. The number of rotatable bonds is 7. The number of methoxy groups -OCH3 is 1. The zero-order chi connectivity index (χ0) is 19.6. The third kappa shape index (κ3) is 3.27. The first-order chi connectivity index (χ1) is 13.0. The van der Waals surface area contributed by atoms with Crippen molar-refractivity contribution < 1.29 is 19.4 Å². The molecule has 3 rings (SSSR count). The van der Waals surface area contributed by atoms with E-state index >= 15 is 0 Å². The number of aliphatic hydroxyl groups is 1. The van der Waals surface area contributed by atoms with Gasteiger partial charge >= 0.3 is 0 Å². The van der Waals surface area contributed by atoms with Crippen LogP contribution in [0.3, 0.4) is 0 Å². The smallest absolute Gasteiger partial charge is 0.196 e. The lowest BCUT2D eigenvalue weighted by molar-refractivity contribution is 0.0980. The Balaban J connectivity index is 2.21. The summed E-state index contributed by atoms with van der Waals surface area (Å²) in [5.74, 6) is -0.505. The zero-order valence-corrected chi connectivity index (χ0v) is 15.4. The molecule has 1 aliphatic carbocycles. The molecule has 2 aromatic rings. The van der Waals surface area contributed by atoms with Crippen molar-refractivity contribution in [1.82, 2.24) is 0 Å². The number of nitrogens with two attached hydrogens (primary N) is 1. The molecule has 0 spiro atoms. The van der Waals surface area contributed by atoms with Crippen molar-refractivity contribution >= 4 is 28.6 Å². The second-order valence-corrected chi connectivity index (χ2v) is 6.38. The van der Waals surface area contributed by atoms with Gasteiger partial charge < -0.3 is 25.8 Å². The van der Waals surface area contributed by atoms with Crippen LogP contribution in [0.25, 0.3) is 0 Å². The minimum absolute atomic E-state index is 0.0603. The van der Waals surface area contributed by atoms with Crippen LogP contribution in [0, 0.1) is 0 Å². The Morgan fingerprint density at radius 3 is 2.37 bits per heavy atom. The largest absolute Gasteiger partial charge is 0.396 e. The Morgan fingerprint density at radius 2 is 1.78 bits per heavy atom. The van der Waals surface area contributed by atoms with Crippen molar-refractivity contribution in [3.05, 3.63) is 52.6 Å². The predicted molar refractivity (Wildman–Crippen MR) is 105 cm³/mol. The number of ketones is 2. The maximum Gasteiger partial charge on any atom is 0.196 e. The summed E-state index contributed by atoms with van der Waals surface area (Å²) in [5, 5.41) is 12.4. The Morgan fingerprint density at radius 1 is 1.15 bits per heavy atom. The molecular formula is C20H23N3O4. The number of carbonyl (C=O) groups is 2. The van der Waals surface area contributed by atoms with Gasteiger partial charge in [-0.25, -0.2) is 0 Å². The van der Waals surface area contributed by atoms with Gasteiger partial charge in [-0.05, 0) is 6.07 Å². The maximum atomic E-state index is 13.1. The van der Waals surface area contributed by atoms with Crippen LogP contribution >= 0.6 is 0 Å². The molecule has 7 nitrogen and oxygen atoms in total. The van der Waals surface area contributed by atoms with E-state index in [-0.39, 0.29) is 35.0 Å². The van der Waals surface area contributed by atoms with E-state index in [0.717, 1.165) is 0 Å². The topological polar surface area (TPSA) is 105 Å². The van der Waals surface area contributed by atoms with Crippen LogP contribution in [0.4, 0.5) is 17.1 Å². The molecule has 0 aromatic heterocycles. The van der Waals surface area contributed by atoms with Crippen LogP contribution in [0.5, 0.6) is 0 Å². The SMILES string of the molecule is COCCNc1cc(N(C)CCO)c(N)c2c1C(=O)c1ccccc1C2=O. The van der Waals surface area contributed by atoms with Gasteiger partial charge in [-0.3, -0.25) is 9.59 Å². The number of ether oxygens (including phenoxy) is 1. The fraction of sp³-hybridized carbons (Fsp3) is 0.300. The molecule has 2 aromatic carbocycles. The highest BCUT2D eigenvalue weighted by atomic mass is 16.5. The Bertz CT molecular complexity index is 895. The average Bonchev–Trinajstić information content (AvgIpc) is 2.67. The average molecular weight is 369 g/mol. The monoisotopic (exact) mass is 369 g/mol. The summed E-state index contributed by atoms with van der Waals surface area (Å²) in [6, 6.07) is 8.50. The minimum atomic E-state index is -0.272. The summed E-state index contributed by atoms with van der Waals surface area (Å²) >= 11 is 0. The van der Waals surface area contributed by atoms with Gasteiger partial charge in [0.25, 0.3) is 0 Å². The van der Waals surface area contributed by atoms with Gasteiger partial charge in [0.05, 0.1) is 35.7 Å². The number of carbonyl (C=O) groups excluding carboxylic acids is 2. The number of nitrogens with zero attached hydrogens (tertiary/aromatic N) is 1. The summed E-state index contributed by atoms with van der Waals surface area (Å²) in [5.41, 5.74) is 8.90. The summed E-state index contributed by atoms with van der Waals surface area (Å²) in [6.45, 7) is 1.20. The van der Waals surface area contributed by atoms with Gasteiger partial charge in [-0.1, -0.05) is 24.3 Å². The van der Waals surface area contributed by atoms with E-state index < -0.39 is 0 Å². The molecular weight excluding hydrogens is 346 g/mol. The van der Waals surface area contributed by atoms with Crippen LogP contribution in [-0.2, 0) is 4.74 Å². The fourth-order valence-corrected chi connectivity index (χ4v) is 3.32. The van der Waals surface area contributed by atoms with Crippen LogP contribution < -0.4 is 16.0 Å². The van der Waals surface area contributed by atoms with Crippen LogP contribution in [0.1, 0.15) is 31.8 Å². The van der Waals surface area contributed by atoms with E-state index in [2.05, 4.69) is 5.32 Å². The van der Waals surface area contributed by atoms with Crippen LogP contribution in [0.15, 0.2) is 30.3 Å². The molecule has 1 aliphatic rings. The molecule has 4 N–H and O–H groups in total. The molecule has 0 fully saturated rings. The molecule has 142 valence electrons. The lowest BCUT2D eigenvalue weighted by atomic mass is 9.81. The quantitative estimate of drug-likeness (QED) is 0.428. The number of fused-ring (bicyclic) bond motifs is 2. The lowest BCUT2D eigenvalue weighted by Gasteiger charge is -2.27. The molecule has 0 unspecified atom stereocenters. The van der Waals surface area contributed by atoms with Gasteiger partial charge in [0.1, 0.15) is 0 Å². The Hall–Kier alpha value is -2.90. The normalized spacial score (nSPS) is 12.6. The first kappa shape index (κ1) is 18.9. The third-order valence-electron chi connectivity index (χ3n) is 4.68. The number of aliphatic hydroxyl groups excluding tert-OH is 1. The first-order valence-electron chi connectivity index (χ1n) is 8.71. The number of hydrogen-bond donors (Lipinski definition) is 3. The standard InChI is InChI=1S/C20H23N3O4/c1-23(8-9-24)15-11-14(22-7-10-27-2)16-17(18(15)21)20(26)13-6-4-3-5-12(13)19(16)25/h3-6,11,22,24H,7-10,21H2,1-2H3. The second kappa shape index (κ2) is 7.77. The minimum Gasteiger partial charge on any atom is -0.396 e. The summed E-state index contributed by atoms with van der Waals surface area (Å²) < 4.78 is 5.07. The second-order valence-electron chi connectivity index (χ2n) is 6.38. The predicted octanol–water partition coefficient (Wildman–Crippen LogP) is 1.53. The molecule has 7 heteroatoms. The number of hydrogen-bond acceptors (Lipinski definition) is 7. The van der Waals surface area contributed by atoms with Gasteiger partial charge in [0.15, 0.2) is 11.6 Å². The first-order valence-corrected chi connectivity index (χ1v) is 8.71. The maximum absolute atomic E-state index is 13.1. The number of nitrogen functional groups attached to an aromatic ring is 1. The fourth-order valence-electron chi connectivity index (χ4n) is 3.32. The van der Waals surface area contributed by atoms with E-state index in [0.29, 0.717) is 42.2 Å². The Kier molecular flexibility index (Phi) is 5.43. The van der Waals surface area contributed by atoms with Crippen molar-refractivity contribution in [3.8, 4) is 0 Å². The van der Waals surface area contributed by atoms with Gasteiger partial charge in [-0.15, -0.1) is 0 Å². The number of nitrogens with one attached hydrogen (secondary N) is 1. The molecule has 0 amide bonds. The molecule has 0 aliphatic heterocycles. The van der Waals surface area contributed by atoms with E-state index in [1.165, 1.54) is 0 Å². The highest BCUT2D eigenvalue weighted by molar-refractivity contribution is 6.32. The lowest BCUT2D eigenvalue weighted by Crippen LogP contribution is -2.28. The molecule has 0 radical (unpaired) electrons. The van der Waals surface area contributed by atoms with E-state index in [4.69, 9.17) is 10.5 Å². The van der Waals surface area contributed by atoms with Crippen molar-refractivity contribution in [2.75, 3.05) is 56.4 Å². The highest BCUT2D eigenvalue weighted by Gasteiger charge is 2.35. The summed E-state index contributed by atoms with van der Waals surface area (Å²) in [4.78, 5) is 28.0. The van der Waals surface area contributed by atoms with Gasteiger partial charge in [0, 0.05) is 44.1 Å². The van der Waals surface area contributed by atoms with Crippen molar-refractivity contribution in [1.29, 1.82) is 0 Å². The molecule has 0 saturated heterocycles. The molecule has 27 heavy (non-hydrogen) atoms. The van der Waals surface area contributed by atoms with Crippen molar-refractivity contribution in [3.63, 3.8) is 0 Å². The van der Waals surface area contributed by atoms with Crippen molar-refractivity contribution in [2.24, 2.45) is 0 Å². The number of likely N-dealkylation sites (N-methyl/N-ethyl adjacent to an activating group) is 1. The van der Waals surface area contributed by atoms with E-state index in [1.54, 1.807) is 49.4 Å². The van der Waals surface area contributed by atoms with E-state index in [9.17, 15) is 14.7 Å². The molecule has 0 bridgehead atoms. The number of benzene rings is 2. The highest BCUT2D eigenvalue weighted by Crippen LogP contribution is 2.40. The van der Waals surface area contributed by atoms with Gasteiger partial charge in [-0.2, -0.15) is 0 Å². The molecule has 0 heterocycles. The molecule has 0 saturated carbocycles. The van der Waals surface area contributed by atoms with Crippen molar-refractivity contribution in [2.45, 2.75) is 0 Å². The van der Waals surface area contributed by atoms with Crippen LogP contribution in [-0.4, -0.2) is 57.1 Å². The van der Waals surface area contributed by atoms with Gasteiger partial charge in [0.2, 0.25) is 0 Å². The summed E-state index contributed by atoms with van der Waals surface area (Å²) in [7, 11) is 3.36. The summed E-state index contributed by atoms with van der Waals surface area (Å²) in [6.07, 6.45) is 0. The third-order valence-corrected chi connectivity index (χ3v) is 4.68. The van der Waals surface area contributed by atoms with E-state index in [1.807, 2.05) is 0 Å². The van der Waals surface area contributed by atoms with Crippen LogP contribution in [0.2, 0.25) is 0 Å². The molecule has 0 atom stereocenters.